The van der Waals surface area contributed by atoms with Crippen LogP contribution in [0.2, 0.25) is 0 Å². The molecule has 0 saturated heterocycles. The summed E-state index contributed by atoms with van der Waals surface area (Å²) in [6, 6.07) is 13.2. The van der Waals surface area contributed by atoms with Gasteiger partial charge in [-0.1, -0.05) is 17.2 Å². The second-order valence-electron chi connectivity index (χ2n) is 8.83. The Balaban J connectivity index is 1.30. The standard InChI is InChI=1S/C24H26N10O2/c1-14-19(13-34-24(33(14)4)29-30-31-34)23(36)25-16-7-10-20-18(12-16)22(28-27-20)26-21(35)11-15-5-8-17(9-6-15)32(2)3/h5-10,12H,11,13H2,1-4H3,(H,25,36)(H2,26,27,28,35). The molecule has 5 rings (SSSR count). The molecule has 2 amide bonds. The number of anilines is 4. The molecule has 36 heavy (non-hydrogen) atoms. The number of nitrogens with zero attached hydrogens (tertiary/aromatic N) is 7. The van der Waals surface area contributed by atoms with E-state index in [0.717, 1.165) is 22.5 Å². The molecule has 1 aliphatic heterocycles. The van der Waals surface area contributed by atoms with E-state index >= 15 is 0 Å². The van der Waals surface area contributed by atoms with E-state index < -0.39 is 0 Å². The summed E-state index contributed by atoms with van der Waals surface area (Å²) in [7, 11) is 5.75. The van der Waals surface area contributed by atoms with E-state index in [1.807, 2.05) is 57.2 Å². The van der Waals surface area contributed by atoms with E-state index in [1.165, 1.54) is 0 Å². The summed E-state index contributed by atoms with van der Waals surface area (Å²) in [5.74, 6) is 0.550. The largest absolute Gasteiger partial charge is 0.378 e. The lowest BCUT2D eigenvalue weighted by molar-refractivity contribution is -0.115. The van der Waals surface area contributed by atoms with Crippen molar-refractivity contribution in [1.82, 2.24) is 30.4 Å². The number of H-pyrrole nitrogens is 1. The number of fused-ring (bicyclic) bond motifs is 2. The van der Waals surface area contributed by atoms with Crippen LogP contribution in [-0.4, -0.2) is 63.4 Å². The van der Waals surface area contributed by atoms with Crippen LogP contribution in [0.4, 0.5) is 23.1 Å². The first-order valence-electron chi connectivity index (χ1n) is 11.4. The van der Waals surface area contributed by atoms with E-state index in [1.54, 1.807) is 27.8 Å². The molecule has 2 aromatic carbocycles. The number of nitrogens with one attached hydrogen (secondary N) is 3. The molecular weight excluding hydrogens is 460 g/mol. The number of hydrogen-bond donors (Lipinski definition) is 3. The molecule has 0 saturated carbocycles. The number of carbonyl (C=O) groups excluding carboxylic acids is 2. The van der Waals surface area contributed by atoms with E-state index in [2.05, 4.69) is 36.4 Å². The van der Waals surface area contributed by atoms with Crippen molar-refractivity contribution in [2.24, 2.45) is 0 Å². The fourth-order valence-electron chi connectivity index (χ4n) is 4.06. The van der Waals surface area contributed by atoms with Crippen LogP contribution in [0.25, 0.3) is 10.9 Å². The van der Waals surface area contributed by atoms with Crippen molar-refractivity contribution in [2.75, 3.05) is 41.6 Å². The summed E-state index contributed by atoms with van der Waals surface area (Å²) in [6.45, 7) is 2.13. The van der Waals surface area contributed by atoms with Crippen molar-refractivity contribution in [3.8, 4) is 0 Å². The number of amides is 2. The Hall–Kier alpha value is -4.74. The lowest BCUT2D eigenvalue weighted by Gasteiger charge is -2.26. The first-order valence-corrected chi connectivity index (χ1v) is 11.4. The van der Waals surface area contributed by atoms with Gasteiger partial charge >= 0.3 is 0 Å². The molecular formula is C24H26N10O2. The van der Waals surface area contributed by atoms with Gasteiger partial charge in [-0.15, -0.1) is 0 Å². The highest BCUT2D eigenvalue weighted by Crippen LogP contribution is 2.27. The van der Waals surface area contributed by atoms with Crippen molar-refractivity contribution in [3.63, 3.8) is 0 Å². The molecule has 12 heteroatoms. The molecule has 12 nitrogen and oxygen atoms in total. The van der Waals surface area contributed by atoms with E-state index in [-0.39, 0.29) is 24.8 Å². The average molecular weight is 487 g/mol. The van der Waals surface area contributed by atoms with Gasteiger partial charge < -0.3 is 20.4 Å². The van der Waals surface area contributed by atoms with E-state index in [9.17, 15) is 9.59 Å². The maximum absolute atomic E-state index is 13.1. The van der Waals surface area contributed by atoms with Crippen LogP contribution in [0.3, 0.4) is 0 Å². The number of benzene rings is 2. The fraction of sp³-hybridized carbons (Fsp3) is 0.250. The smallest absolute Gasteiger partial charge is 0.255 e. The second kappa shape index (κ2) is 9.13. The van der Waals surface area contributed by atoms with Crippen LogP contribution in [0.1, 0.15) is 12.5 Å². The third kappa shape index (κ3) is 4.35. The number of hydrogen-bond acceptors (Lipinski definition) is 8. The monoisotopic (exact) mass is 486 g/mol. The van der Waals surface area contributed by atoms with Gasteiger partial charge in [-0.05, 0) is 53.2 Å². The van der Waals surface area contributed by atoms with Crippen molar-refractivity contribution in [3.05, 3.63) is 59.3 Å². The molecule has 3 heterocycles. The molecule has 4 aromatic rings. The van der Waals surface area contributed by atoms with E-state index in [0.29, 0.717) is 28.4 Å². The van der Waals surface area contributed by atoms with Gasteiger partial charge in [0.2, 0.25) is 11.9 Å². The second-order valence-corrected chi connectivity index (χ2v) is 8.83. The molecule has 1 aliphatic rings. The minimum Gasteiger partial charge on any atom is -0.378 e. The molecule has 0 spiro atoms. The average Bonchev–Trinajstić information content (AvgIpc) is 3.49. The normalized spacial score (nSPS) is 13.1. The Morgan fingerprint density at radius 3 is 2.64 bits per heavy atom. The van der Waals surface area contributed by atoms with Crippen LogP contribution in [0.5, 0.6) is 0 Å². The van der Waals surface area contributed by atoms with Gasteiger partial charge in [-0.25, -0.2) is 4.68 Å². The minimum absolute atomic E-state index is 0.182. The molecule has 0 unspecified atom stereocenters. The lowest BCUT2D eigenvalue weighted by atomic mass is 10.1. The molecule has 3 N–H and O–H groups in total. The zero-order valence-electron chi connectivity index (χ0n) is 20.4. The molecule has 2 aromatic heterocycles. The Morgan fingerprint density at radius 2 is 1.89 bits per heavy atom. The highest BCUT2D eigenvalue weighted by atomic mass is 16.2. The fourth-order valence-corrected chi connectivity index (χ4v) is 4.06. The summed E-state index contributed by atoms with van der Waals surface area (Å²) in [5, 5.41) is 25.3. The maximum atomic E-state index is 13.1. The zero-order chi connectivity index (χ0) is 25.4. The minimum atomic E-state index is -0.255. The summed E-state index contributed by atoms with van der Waals surface area (Å²) >= 11 is 0. The predicted octanol–water partition coefficient (Wildman–Crippen LogP) is 2.16. The summed E-state index contributed by atoms with van der Waals surface area (Å²) in [6.07, 6.45) is 0.221. The highest BCUT2D eigenvalue weighted by Gasteiger charge is 2.26. The lowest BCUT2D eigenvalue weighted by Crippen LogP contribution is -2.32. The topological polar surface area (TPSA) is 137 Å². The van der Waals surface area contributed by atoms with Crippen LogP contribution < -0.4 is 20.4 Å². The Labute approximate surface area is 207 Å². The Morgan fingerprint density at radius 1 is 1.11 bits per heavy atom. The first-order chi connectivity index (χ1) is 17.3. The summed E-state index contributed by atoms with van der Waals surface area (Å²) in [4.78, 5) is 29.6. The van der Waals surface area contributed by atoms with Gasteiger partial charge in [0.1, 0.15) is 0 Å². The molecule has 0 fully saturated rings. The van der Waals surface area contributed by atoms with Gasteiger partial charge in [-0.3, -0.25) is 14.7 Å². The third-order valence-electron chi connectivity index (χ3n) is 6.23. The SMILES string of the molecule is CC1=C(C(=O)Nc2ccc3[nH]nc(NC(=O)Cc4ccc(N(C)C)cc4)c3c2)Cn2nnnc2N1C. The Bertz CT molecular complexity index is 1480. The van der Waals surface area contributed by atoms with Crippen LogP contribution in [-0.2, 0) is 22.6 Å². The molecule has 0 radical (unpaired) electrons. The quantitative estimate of drug-likeness (QED) is 0.377. The maximum Gasteiger partial charge on any atom is 0.255 e. The van der Waals surface area contributed by atoms with E-state index in [4.69, 9.17) is 0 Å². The summed E-state index contributed by atoms with van der Waals surface area (Å²) < 4.78 is 1.57. The Kier molecular flexibility index (Phi) is 5.84. The summed E-state index contributed by atoms with van der Waals surface area (Å²) in [5.41, 5.74) is 4.61. The number of carbonyl (C=O) groups is 2. The number of rotatable bonds is 6. The third-order valence-corrected chi connectivity index (χ3v) is 6.23. The van der Waals surface area contributed by atoms with Gasteiger partial charge in [-0.2, -0.15) is 5.10 Å². The van der Waals surface area contributed by atoms with Crippen LogP contribution in [0, 0.1) is 0 Å². The van der Waals surface area contributed by atoms with Gasteiger partial charge in [0.25, 0.3) is 5.91 Å². The van der Waals surface area contributed by atoms with Crippen molar-refractivity contribution in [2.45, 2.75) is 19.9 Å². The predicted molar refractivity (Wildman–Crippen MR) is 137 cm³/mol. The van der Waals surface area contributed by atoms with Gasteiger partial charge in [0, 0.05) is 43.6 Å². The van der Waals surface area contributed by atoms with Crippen molar-refractivity contribution in [1.29, 1.82) is 0 Å². The number of aromatic amines is 1. The highest BCUT2D eigenvalue weighted by molar-refractivity contribution is 6.07. The molecule has 184 valence electrons. The van der Waals surface area contributed by atoms with Crippen molar-refractivity contribution >= 4 is 45.9 Å². The van der Waals surface area contributed by atoms with Crippen LogP contribution in [0.15, 0.2) is 53.7 Å². The molecule has 0 aliphatic carbocycles. The first kappa shape index (κ1) is 23.0. The van der Waals surface area contributed by atoms with Crippen molar-refractivity contribution < 1.29 is 9.59 Å². The van der Waals surface area contributed by atoms with Gasteiger partial charge in [0.05, 0.1) is 24.1 Å². The zero-order valence-corrected chi connectivity index (χ0v) is 20.4. The number of allylic oxidation sites excluding steroid dienone is 1. The number of tetrazole rings is 1. The number of aromatic nitrogens is 6. The molecule has 0 bridgehead atoms. The van der Waals surface area contributed by atoms with Crippen LogP contribution >= 0.6 is 0 Å². The van der Waals surface area contributed by atoms with Gasteiger partial charge in [0.15, 0.2) is 5.82 Å². The molecule has 0 atom stereocenters.